The molecule has 0 saturated heterocycles. The third kappa shape index (κ3) is 3.97. The molecule has 164 valence electrons. The van der Waals surface area contributed by atoms with Gasteiger partial charge in [0.15, 0.2) is 21.9 Å². The number of furan rings is 1. The van der Waals surface area contributed by atoms with Crippen LogP contribution in [0.2, 0.25) is 0 Å². The highest BCUT2D eigenvalue weighted by Gasteiger charge is 2.18. The normalized spacial score (nSPS) is 11.8. The van der Waals surface area contributed by atoms with Gasteiger partial charge in [-0.05, 0) is 25.1 Å². The van der Waals surface area contributed by atoms with Crippen LogP contribution in [-0.2, 0) is 16.1 Å². The second-order valence-corrected chi connectivity index (χ2v) is 7.60. The summed E-state index contributed by atoms with van der Waals surface area (Å²) in [5, 5.41) is 11.9. The summed E-state index contributed by atoms with van der Waals surface area (Å²) < 4.78 is 18.0. The molecule has 2 heterocycles. The van der Waals surface area contributed by atoms with Crippen molar-refractivity contribution in [3.63, 3.8) is 0 Å². The number of fused-ring (bicyclic) bond motifs is 2. The molecule has 1 amide bonds. The number of thiazole rings is 1. The molecule has 2 aromatic heterocycles. The number of nitro benzene ring substituents is 1. The zero-order valence-electron chi connectivity index (χ0n) is 17.1. The number of rotatable bonds is 6. The second-order valence-electron chi connectivity index (χ2n) is 6.59. The average Bonchev–Trinajstić information content (AvgIpc) is 3.35. The summed E-state index contributed by atoms with van der Waals surface area (Å²) in [5.74, 6) is -0.744. The number of carbonyl (C=O) groups excluding carboxylic acids is 2. The number of esters is 1. The summed E-state index contributed by atoms with van der Waals surface area (Å²) in [5.41, 5.74) is 0.671. The maximum Gasteiger partial charge on any atom is 0.326 e. The van der Waals surface area contributed by atoms with Crippen LogP contribution in [0.4, 0.5) is 5.69 Å². The molecule has 32 heavy (non-hydrogen) atoms. The van der Waals surface area contributed by atoms with Gasteiger partial charge in [-0.3, -0.25) is 19.7 Å². The highest BCUT2D eigenvalue weighted by molar-refractivity contribution is 7.16. The highest BCUT2D eigenvalue weighted by atomic mass is 32.1. The Bertz CT molecular complexity index is 1430. The van der Waals surface area contributed by atoms with Crippen molar-refractivity contribution in [1.29, 1.82) is 0 Å². The molecule has 10 nitrogen and oxygen atoms in total. The van der Waals surface area contributed by atoms with Crippen molar-refractivity contribution in [2.24, 2.45) is 4.99 Å². The van der Waals surface area contributed by atoms with Crippen LogP contribution in [-0.4, -0.2) is 35.1 Å². The number of nitro groups is 1. The predicted molar refractivity (Wildman–Crippen MR) is 116 cm³/mol. The SMILES string of the molecule is CCOC(=O)Cn1c(=NC(=O)c2cc3cccc(OC)c3o2)sc2ccc([N+](=O)[O-])cc21. The maximum atomic E-state index is 12.9. The first-order chi connectivity index (χ1) is 15.4. The minimum Gasteiger partial charge on any atom is -0.493 e. The lowest BCUT2D eigenvalue weighted by Gasteiger charge is -2.05. The molecule has 0 unspecified atom stereocenters. The van der Waals surface area contributed by atoms with Crippen LogP contribution in [0.15, 0.2) is 51.9 Å². The van der Waals surface area contributed by atoms with Gasteiger partial charge in [0, 0.05) is 17.5 Å². The average molecular weight is 455 g/mol. The van der Waals surface area contributed by atoms with E-state index < -0.39 is 16.8 Å². The molecule has 2 aromatic carbocycles. The van der Waals surface area contributed by atoms with Crippen molar-refractivity contribution in [2.75, 3.05) is 13.7 Å². The number of ether oxygens (including phenoxy) is 2. The molecular formula is C21H17N3O7S. The molecule has 0 aliphatic carbocycles. The number of methoxy groups -OCH3 is 1. The lowest BCUT2D eigenvalue weighted by molar-refractivity contribution is -0.384. The van der Waals surface area contributed by atoms with E-state index in [0.717, 1.165) is 11.3 Å². The molecule has 0 atom stereocenters. The smallest absolute Gasteiger partial charge is 0.326 e. The van der Waals surface area contributed by atoms with E-state index in [1.165, 1.54) is 23.8 Å². The predicted octanol–water partition coefficient (Wildman–Crippen LogP) is 3.67. The number of amides is 1. The quantitative estimate of drug-likeness (QED) is 0.247. The maximum absolute atomic E-state index is 12.9. The first kappa shape index (κ1) is 21.2. The number of benzene rings is 2. The van der Waals surface area contributed by atoms with Crippen LogP contribution in [0.25, 0.3) is 21.2 Å². The summed E-state index contributed by atoms with van der Waals surface area (Å²) >= 11 is 1.12. The molecule has 11 heteroatoms. The van der Waals surface area contributed by atoms with E-state index in [4.69, 9.17) is 13.9 Å². The molecule has 0 aliphatic rings. The first-order valence-corrected chi connectivity index (χ1v) is 10.3. The number of hydrogen-bond donors (Lipinski definition) is 0. The lowest BCUT2D eigenvalue weighted by Crippen LogP contribution is -2.23. The van der Waals surface area contributed by atoms with Crippen LogP contribution in [0.1, 0.15) is 17.5 Å². The summed E-state index contributed by atoms with van der Waals surface area (Å²) in [4.78, 5) is 40.0. The fraction of sp³-hybridized carbons (Fsp3) is 0.190. The number of aromatic nitrogens is 1. The number of non-ortho nitro benzene ring substituents is 1. The van der Waals surface area contributed by atoms with Gasteiger partial charge in [0.05, 0.1) is 28.9 Å². The molecule has 0 aliphatic heterocycles. The van der Waals surface area contributed by atoms with Gasteiger partial charge in [-0.1, -0.05) is 23.5 Å². The Labute approximate surface area is 184 Å². The van der Waals surface area contributed by atoms with Crippen LogP contribution in [0.5, 0.6) is 5.75 Å². The Morgan fingerprint density at radius 3 is 2.78 bits per heavy atom. The number of nitrogens with zero attached hydrogens (tertiary/aromatic N) is 3. The van der Waals surface area contributed by atoms with E-state index in [2.05, 4.69) is 4.99 Å². The number of hydrogen-bond acceptors (Lipinski definition) is 8. The minimum absolute atomic E-state index is 0.00405. The second kappa shape index (κ2) is 8.63. The Hall–Kier alpha value is -3.99. The van der Waals surface area contributed by atoms with Gasteiger partial charge >= 0.3 is 11.9 Å². The molecule has 0 spiro atoms. The van der Waals surface area contributed by atoms with E-state index in [-0.39, 0.29) is 29.4 Å². The topological polar surface area (TPSA) is 126 Å². The van der Waals surface area contributed by atoms with Crippen LogP contribution in [0.3, 0.4) is 0 Å². The minimum atomic E-state index is -0.665. The van der Waals surface area contributed by atoms with Crippen molar-refractivity contribution < 1.29 is 28.4 Å². The van der Waals surface area contributed by atoms with E-state index in [0.29, 0.717) is 26.9 Å². The summed E-state index contributed by atoms with van der Waals surface area (Å²) in [6.45, 7) is 1.59. The molecule has 4 aromatic rings. The summed E-state index contributed by atoms with van der Waals surface area (Å²) in [6.07, 6.45) is 0. The first-order valence-electron chi connectivity index (χ1n) is 9.50. The van der Waals surface area contributed by atoms with Crippen molar-refractivity contribution in [3.8, 4) is 5.75 Å². The summed E-state index contributed by atoms with van der Waals surface area (Å²) in [6, 6.07) is 11.0. The van der Waals surface area contributed by atoms with E-state index in [1.54, 1.807) is 37.3 Å². The third-order valence-electron chi connectivity index (χ3n) is 4.60. The molecule has 0 saturated carbocycles. The molecule has 0 fully saturated rings. The van der Waals surface area contributed by atoms with E-state index in [9.17, 15) is 19.7 Å². The molecule has 0 radical (unpaired) electrons. The van der Waals surface area contributed by atoms with E-state index in [1.807, 2.05) is 0 Å². The van der Waals surface area contributed by atoms with Crippen LogP contribution >= 0.6 is 11.3 Å². The zero-order chi connectivity index (χ0) is 22.8. The largest absolute Gasteiger partial charge is 0.493 e. The van der Waals surface area contributed by atoms with Crippen molar-refractivity contribution >= 4 is 50.1 Å². The van der Waals surface area contributed by atoms with Gasteiger partial charge in [-0.2, -0.15) is 4.99 Å². The zero-order valence-corrected chi connectivity index (χ0v) is 17.9. The third-order valence-corrected chi connectivity index (χ3v) is 5.66. The van der Waals surface area contributed by atoms with E-state index >= 15 is 0 Å². The number of para-hydroxylation sites is 1. The summed E-state index contributed by atoms with van der Waals surface area (Å²) in [7, 11) is 1.50. The van der Waals surface area contributed by atoms with Crippen LogP contribution < -0.4 is 9.54 Å². The Balaban J connectivity index is 1.84. The van der Waals surface area contributed by atoms with Gasteiger partial charge in [0.1, 0.15) is 6.54 Å². The van der Waals surface area contributed by atoms with Crippen molar-refractivity contribution in [3.05, 3.63) is 63.1 Å². The van der Waals surface area contributed by atoms with Gasteiger partial charge in [0.2, 0.25) is 0 Å². The standard InChI is InChI=1S/C21H17N3O7S/c1-3-30-18(25)11-23-14-10-13(24(27)28)7-8-17(14)32-21(23)22-20(26)16-9-12-5-4-6-15(29-2)19(12)31-16/h4-10H,3,11H2,1-2H3. The lowest BCUT2D eigenvalue weighted by atomic mass is 10.2. The Kier molecular flexibility index (Phi) is 5.73. The van der Waals surface area contributed by atoms with Gasteiger partial charge in [-0.15, -0.1) is 0 Å². The monoisotopic (exact) mass is 455 g/mol. The molecule has 0 bridgehead atoms. The molecule has 0 N–H and O–H groups in total. The van der Waals surface area contributed by atoms with Crippen molar-refractivity contribution in [2.45, 2.75) is 13.5 Å². The van der Waals surface area contributed by atoms with Crippen molar-refractivity contribution in [1.82, 2.24) is 4.57 Å². The molecular weight excluding hydrogens is 438 g/mol. The van der Waals surface area contributed by atoms with Crippen LogP contribution in [0, 0.1) is 10.1 Å². The Morgan fingerprint density at radius 2 is 2.06 bits per heavy atom. The fourth-order valence-electron chi connectivity index (χ4n) is 3.19. The van der Waals surface area contributed by atoms with Gasteiger partial charge < -0.3 is 18.5 Å². The highest BCUT2D eigenvalue weighted by Crippen LogP contribution is 2.29. The fourth-order valence-corrected chi connectivity index (χ4v) is 4.20. The Morgan fingerprint density at radius 1 is 1.25 bits per heavy atom. The van der Waals surface area contributed by atoms with Gasteiger partial charge in [-0.25, -0.2) is 0 Å². The molecule has 4 rings (SSSR count). The van der Waals surface area contributed by atoms with Gasteiger partial charge in [0.25, 0.3) is 5.69 Å². The number of carbonyl (C=O) groups is 2.